The number of hydrogen-bond acceptors (Lipinski definition) is 6. The van der Waals surface area contributed by atoms with Crippen LogP contribution in [0.3, 0.4) is 0 Å². The number of methoxy groups -OCH3 is 1. The van der Waals surface area contributed by atoms with E-state index >= 15 is 0 Å². The van der Waals surface area contributed by atoms with Crippen LogP contribution in [0.25, 0.3) is 0 Å². The lowest BCUT2D eigenvalue weighted by Gasteiger charge is -2.26. The van der Waals surface area contributed by atoms with Crippen molar-refractivity contribution in [3.63, 3.8) is 0 Å². The standard InChI is InChI=1S/C28H34N2O5/c1-33-25-16-19(6-8-24(25)35-15-13-30-26(31)10-11-27(30)32)18-29-28(20-4-2-3-5-20)22-7-9-23-21(17-22)12-14-34-23/h6-9,16-17,20,28-29H,2-5,10-15,18H2,1H3. The molecule has 0 spiro atoms. The first-order chi connectivity index (χ1) is 17.1. The van der Waals surface area contributed by atoms with Gasteiger partial charge in [0.05, 0.1) is 20.3 Å². The van der Waals surface area contributed by atoms with Crippen molar-refractivity contribution in [2.45, 2.75) is 57.5 Å². The minimum absolute atomic E-state index is 0.125. The first-order valence-electron chi connectivity index (χ1n) is 12.7. The second kappa shape index (κ2) is 10.7. The Hall–Kier alpha value is -3.06. The maximum atomic E-state index is 11.8. The van der Waals surface area contributed by atoms with Gasteiger partial charge in [0, 0.05) is 31.8 Å². The Morgan fingerprint density at radius 1 is 1.03 bits per heavy atom. The molecule has 2 aromatic rings. The highest BCUT2D eigenvalue weighted by Crippen LogP contribution is 2.38. The molecule has 2 aromatic carbocycles. The third-order valence-corrected chi connectivity index (χ3v) is 7.43. The molecule has 1 aliphatic carbocycles. The van der Waals surface area contributed by atoms with Gasteiger partial charge in [-0.1, -0.05) is 31.0 Å². The summed E-state index contributed by atoms with van der Waals surface area (Å²) in [5.74, 6) is 2.67. The van der Waals surface area contributed by atoms with Crippen molar-refractivity contribution in [3.8, 4) is 17.2 Å². The Morgan fingerprint density at radius 3 is 2.60 bits per heavy atom. The maximum absolute atomic E-state index is 11.8. The van der Waals surface area contributed by atoms with E-state index in [0.29, 0.717) is 36.3 Å². The molecule has 0 radical (unpaired) electrons. The summed E-state index contributed by atoms with van der Waals surface area (Å²) in [7, 11) is 1.63. The second-order valence-corrected chi connectivity index (χ2v) is 9.64. The predicted octanol–water partition coefficient (Wildman–Crippen LogP) is 4.18. The molecule has 2 amide bonds. The number of imide groups is 1. The van der Waals surface area contributed by atoms with Gasteiger partial charge in [0.25, 0.3) is 0 Å². The third kappa shape index (κ3) is 5.30. The van der Waals surface area contributed by atoms with E-state index in [1.165, 1.54) is 41.7 Å². The van der Waals surface area contributed by atoms with Gasteiger partial charge in [-0.15, -0.1) is 0 Å². The molecule has 2 aliphatic heterocycles. The topological polar surface area (TPSA) is 77.1 Å². The molecule has 2 heterocycles. The zero-order chi connectivity index (χ0) is 24.2. The number of nitrogens with one attached hydrogen (secondary N) is 1. The van der Waals surface area contributed by atoms with Crippen LogP contribution in [-0.2, 0) is 22.6 Å². The summed E-state index contributed by atoms with van der Waals surface area (Å²) in [6.07, 6.45) is 6.68. The van der Waals surface area contributed by atoms with E-state index in [9.17, 15) is 9.59 Å². The summed E-state index contributed by atoms with van der Waals surface area (Å²) in [4.78, 5) is 24.9. The van der Waals surface area contributed by atoms with Crippen molar-refractivity contribution in [1.82, 2.24) is 10.2 Å². The number of hydrogen-bond donors (Lipinski definition) is 1. The summed E-state index contributed by atoms with van der Waals surface area (Å²) in [5.41, 5.74) is 3.78. The van der Waals surface area contributed by atoms with E-state index in [1.807, 2.05) is 18.2 Å². The van der Waals surface area contributed by atoms with Crippen LogP contribution in [0.15, 0.2) is 36.4 Å². The average Bonchev–Trinajstić information content (AvgIpc) is 3.63. The Labute approximate surface area is 206 Å². The van der Waals surface area contributed by atoms with Gasteiger partial charge in [-0.25, -0.2) is 0 Å². The van der Waals surface area contributed by atoms with Crippen LogP contribution in [0.2, 0.25) is 0 Å². The molecular weight excluding hydrogens is 444 g/mol. The lowest BCUT2D eigenvalue weighted by Crippen LogP contribution is -2.33. The van der Waals surface area contributed by atoms with Crippen LogP contribution in [0.4, 0.5) is 0 Å². The van der Waals surface area contributed by atoms with Gasteiger partial charge in [-0.05, 0) is 53.6 Å². The van der Waals surface area contributed by atoms with Gasteiger partial charge in [-0.3, -0.25) is 14.5 Å². The molecule has 2 fully saturated rings. The normalized spacial score (nSPS) is 18.6. The van der Waals surface area contributed by atoms with E-state index in [1.54, 1.807) is 7.11 Å². The smallest absolute Gasteiger partial charge is 0.229 e. The second-order valence-electron chi connectivity index (χ2n) is 9.64. The largest absolute Gasteiger partial charge is 0.493 e. The van der Waals surface area contributed by atoms with Gasteiger partial charge >= 0.3 is 0 Å². The summed E-state index contributed by atoms with van der Waals surface area (Å²) in [6, 6.07) is 12.9. The molecule has 7 nitrogen and oxygen atoms in total. The van der Waals surface area contributed by atoms with Gasteiger partial charge in [0.1, 0.15) is 12.4 Å². The average molecular weight is 479 g/mol. The predicted molar refractivity (Wildman–Crippen MR) is 132 cm³/mol. The minimum Gasteiger partial charge on any atom is -0.493 e. The number of carbonyl (C=O) groups excluding carboxylic acids is 2. The fourth-order valence-corrected chi connectivity index (χ4v) is 5.54. The van der Waals surface area contributed by atoms with E-state index < -0.39 is 0 Å². The van der Waals surface area contributed by atoms with Gasteiger partial charge < -0.3 is 19.5 Å². The van der Waals surface area contributed by atoms with Gasteiger partial charge in [0.2, 0.25) is 11.8 Å². The number of benzene rings is 2. The monoisotopic (exact) mass is 478 g/mol. The lowest BCUT2D eigenvalue weighted by molar-refractivity contribution is -0.138. The van der Waals surface area contributed by atoms with E-state index in [4.69, 9.17) is 14.2 Å². The van der Waals surface area contributed by atoms with Crippen LogP contribution in [0, 0.1) is 5.92 Å². The fraction of sp³-hybridized carbons (Fsp3) is 0.500. The molecule has 186 valence electrons. The van der Waals surface area contributed by atoms with E-state index in [0.717, 1.165) is 30.9 Å². The first kappa shape index (κ1) is 23.7. The van der Waals surface area contributed by atoms with E-state index in [-0.39, 0.29) is 25.0 Å². The van der Waals surface area contributed by atoms with E-state index in [2.05, 4.69) is 23.5 Å². The highest BCUT2D eigenvalue weighted by atomic mass is 16.5. The van der Waals surface area contributed by atoms with Crippen LogP contribution in [-0.4, -0.2) is 43.6 Å². The zero-order valence-electron chi connectivity index (χ0n) is 20.4. The number of nitrogens with zero attached hydrogens (tertiary/aromatic N) is 1. The summed E-state index contributed by atoms with van der Waals surface area (Å²) >= 11 is 0. The first-order valence-corrected chi connectivity index (χ1v) is 12.7. The molecule has 7 heteroatoms. The fourth-order valence-electron chi connectivity index (χ4n) is 5.54. The summed E-state index contributed by atoms with van der Waals surface area (Å²) in [6.45, 7) is 2.01. The molecule has 0 aromatic heterocycles. The molecule has 3 aliphatic rings. The number of likely N-dealkylation sites (tertiary alicyclic amines) is 1. The Balaban J connectivity index is 1.23. The Morgan fingerprint density at radius 2 is 1.83 bits per heavy atom. The molecule has 1 unspecified atom stereocenters. The van der Waals surface area contributed by atoms with Crippen molar-refractivity contribution >= 4 is 11.8 Å². The SMILES string of the molecule is COc1cc(CNC(c2ccc3c(c2)CCO3)C2CCCC2)ccc1OCCN1C(=O)CCC1=O. The number of ether oxygens (including phenoxy) is 3. The number of amides is 2. The lowest BCUT2D eigenvalue weighted by atomic mass is 9.90. The molecule has 0 bridgehead atoms. The highest BCUT2D eigenvalue weighted by molar-refractivity contribution is 6.01. The Bertz CT molecular complexity index is 1060. The van der Waals surface area contributed by atoms with Crippen molar-refractivity contribution in [2.24, 2.45) is 5.92 Å². The molecule has 1 saturated carbocycles. The summed E-state index contributed by atoms with van der Waals surface area (Å²) < 4.78 is 17.1. The Kier molecular flexibility index (Phi) is 7.23. The van der Waals surface area contributed by atoms with Crippen LogP contribution in [0.5, 0.6) is 17.2 Å². The zero-order valence-corrected chi connectivity index (χ0v) is 20.4. The molecular formula is C28H34N2O5. The van der Waals surface area contributed by atoms with Crippen LogP contribution < -0.4 is 19.5 Å². The number of fused-ring (bicyclic) bond motifs is 1. The van der Waals surface area contributed by atoms with Crippen molar-refractivity contribution in [1.29, 1.82) is 0 Å². The quantitative estimate of drug-likeness (QED) is 0.517. The van der Waals surface area contributed by atoms with Gasteiger partial charge in [-0.2, -0.15) is 0 Å². The highest BCUT2D eigenvalue weighted by Gasteiger charge is 2.29. The van der Waals surface area contributed by atoms with Crippen LogP contribution in [0.1, 0.15) is 61.3 Å². The molecule has 1 atom stereocenters. The van der Waals surface area contributed by atoms with Gasteiger partial charge in [0.15, 0.2) is 11.5 Å². The van der Waals surface area contributed by atoms with Crippen molar-refractivity contribution < 1.29 is 23.8 Å². The van der Waals surface area contributed by atoms with Crippen molar-refractivity contribution in [2.75, 3.05) is 26.9 Å². The van der Waals surface area contributed by atoms with Crippen LogP contribution >= 0.6 is 0 Å². The number of rotatable bonds is 10. The molecule has 1 N–H and O–H groups in total. The minimum atomic E-state index is -0.125. The summed E-state index contributed by atoms with van der Waals surface area (Å²) in [5, 5.41) is 3.83. The number of carbonyl (C=O) groups is 2. The van der Waals surface area contributed by atoms with Crippen molar-refractivity contribution in [3.05, 3.63) is 53.1 Å². The molecule has 35 heavy (non-hydrogen) atoms. The molecule has 1 saturated heterocycles. The molecule has 5 rings (SSSR count). The third-order valence-electron chi connectivity index (χ3n) is 7.43. The maximum Gasteiger partial charge on any atom is 0.229 e.